The number of likely N-dealkylation sites (tertiary alicyclic amines) is 1. The molecular weight excluding hydrogens is 299 g/mol. The number of benzene rings is 1. The van der Waals surface area contributed by atoms with Gasteiger partial charge in [-0.2, -0.15) is 13.2 Å². The van der Waals surface area contributed by atoms with E-state index in [1.165, 1.54) is 4.90 Å². The highest BCUT2D eigenvalue weighted by atomic mass is 19.4. The zero-order valence-electron chi connectivity index (χ0n) is 11.9. The Balaban J connectivity index is 1.78. The Bertz CT molecular complexity index is 485. The van der Waals surface area contributed by atoms with Gasteiger partial charge in [-0.25, -0.2) is 4.79 Å². The van der Waals surface area contributed by atoms with Crippen molar-refractivity contribution in [2.24, 2.45) is 5.92 Å². The summed E-state index contributed by atoms with van der Waals surface area (Å²) in [5, 5.41) is 9.23. The number of carbonyl (C=O) groups is 1. The smallest absolute Gasteiger partial charge is 0.414 e. The van der Waals surface area contributed by atoms with Crippen LogP contribution in [0.1, 0.15) is 18.4 Å². The fourth-order valence-corrected chi connectivity index (χ4v) is 2.48. The Morgan fingerprint density at radius 3 is 2.41 bits per heavy atom. The minimum atomic E-state index is -4.61. The predicted molar refractivity (Wildman–Crippen MR) is 73.0 cm³/mol. The molecule has 1 amide bonds. The van der Waals surface area contributed by atoms with Crippen molar-refractivity contribution in [2.45, 2.75) is 31.7 Å². The van der Waals surface area contributed by atoms with E-state index in [2.05, 4.69) is 0 Å². The van der Waals surface area contributed by atoms with Crippen LogP contribution in [0.15, 0.2) is 30.3 Å². The molecule has 0 unspecified atom stereocenters. The second kappa shape index (κ2) is 7.00. The van der Waals surface area contributed by atoms with E-state index in [1.807, 2.05) is 30.3 Å². The van der Waals surface area contributed by atoms with E-state index in [0.717, 1.165) is 5.56 Å². The van der Waals surface area contributed by atoms with Gasteiger partial charge in [-0.3, -0.25) is 0 Å². The first kappa shape index (κ1) is 16.6. The molecule has 122 valence electrons. The second-order valence-electron chi connectivity index (χ2n) is 5.35. The molecule has 0 bridgehead atoms. The summed E-state index contributed by atoms with van der Waals surface area (Å²) in [5.41, 5.74) is 0.846. The third-order valence-electron chi connectivity index (χ3n) is 3.78. The van der Waals surface area contributed by atoms with Gasteiger partial charge in [0, 0.05) is 13.1 Å². The van der Waals surface area contributed by atoms with E-state index in [-0.39, 0.29) is 32.5 Å². The topological polar surface area (TPSA) is 49.8 Å². The molecule has 4 nitrogen and oxygen atoms in total. The summed E-state index contributed by atoms with van der Waals surface area (Å²) in [7, 11) is 0. The molecule has 1 atom stereocenters. The highest BCUT2D eigenvalue weighted by Crippen LogP contribution is 2.31. The van der Waals surface area contributed by atoms with Crippen molar-refractivity contribution < 1.29 is 27.8 Å². The van der Waals surface area contributed by atoms with Crippen LogP contribution < -0.4 is 0 Å². The van der Waals surface area contributed by atoms with Crippen molar-refractivity contribution in [3.8, 4) is 0 Å². The predicted octanol–water partition coefficient (Wildman–Crippen LogP) is 2.96. The van der Waals surface area contributed by atoms with Crippen LogP contribution in [0.3, 0.4) is 0 Å². The van der Waals surface area contributed by atoms with Crippen LogP contribution in [0.2, 0.25) is 0 Å². The molecule has 2 rings (SSSR count). The van der Waals surface area contributed by atoms with E-state index >= 15 is 0 Å². The first-order valence-corrected chi connectivity index (χ1v) is 7.08. The maximum absolute atomic E-state index is 12.4. The van der Waals surface area contributed by atoms with Crippen molar-refractivity contribution in [1.29, 1.82) is 0 Å². The van der Waals surface area contributed by atoms with Crippen molar-refractivity contribution in [3.63, 3.8) is 0 Å². The number of halogens is 3. The number of aliphatic hydroxyl groups is 1. The number of rotatable bonds is 3. The Morgan fingerprint density at radius 1 is 1.27 bits per heavy atom. The highest BCUT2D eigenvalue weighted by molar-refractivity contribution is 5.67. The number of carbonyl (C=O) groups excluding carboxylic acids is 1. The van der Waals surface area contributed by atoms with Gasteiger partial charge in [0.1, 0.15) is 6.61 Å². The molecule has 1 heterocycles. The molecule has 1 aromatic rings. The number of amides is 1. The number of alkyl halides is 3. The van der Waals surface area contributed by atoms with Crippen molar-refractivity contribution in [1.82, 2.24) is 4.90 Å². The zero-order valence-corrected chi connectivity index (χ0v) is 11.9. The minimum absolute atomic E-state index is 0.112. The molecule has 0 aromatic heterocycles. The van der Waals surface area contributed by atoms with E-state index in [9.17, 15) is 23.1 Å². The first-order valence-electron chi connectivity index (χ1n) is 7.08. The highest BCUT2D eigenvalue weighted by Gasteiger charge is 2.44. The maximum Gasteiger partial charge on any atom is 0.414 e. The summed E-state index contributed by atoms with van der Waals surface area (Å²) in [6.07, 6.45) is -7.25. The summed E-state index contributed by atoms with van der Waals surface area (Å²) in [6.45, 7) is 0.446. The molecule has 1 saturated heterocycles. The Kier molecular flexibility index (Phi) is 5.28. The largest absolute Gasteiger partial charge is 0.445 e. The molecule has 7 heteroatoms. The summed E-state index contributed by atoms with van der Waals surface area (Å²) >= 11 is 0. The summed E-state index contributed by atoms with van der Waals surface area (Å²) < 4.78 is 42.5. The number of piperidine rings is 1. The van der Waals surface area contributed by atoms with Crippen LogP contribution in [0.25, 0.3) is 0 Å². The van der Waals surface area contributed by atoms with Crippen LogP contribution in [0.4, 0.5) is 18.0 Å². The summed E-state index contributed by atoms with van der Waals surface area (Å²) in [5.74, 6) is -0.863. The average Bonchev–Trinajstić information content (AvgIpc) is 2.52. The van der Waals surface area contributed by atoms with Gasteiger partial charge < -0.3 is 14.7 Å². The van der Waals surface area contributed by atoms with Crippen LogP contribution in [-0.4, -0.2) is 41.5 Å². The van der Waals surface area contributed by atoms with Crippen molar-refractivity contribution in [3.05, 3.63) is 35.9 Å². The van der Waals surface area contributed by atoms with Crippen LogP contribution in [-0.2, 0) is 11.3 Å². The van der Waals surface area contributed by atoms with Gasteiger partial charge in [0.2, 0.25) is 0 Å². The van der Waals surface area contributed by atoms with Gasteiger partial charge >= 0.3 is 12.3 Å². The Hall–Kier alpha value is -1.76. The molecule has 0 saturated carbocycles. The Labute approximate surface area is 126 Å². The van der Waals surface area contributed by atoms with Gasteiger partial charge in [-0.1, -0.05) is 30.3 Å². The van der Waals surface area contributed by atoms with E-state index < -0.39 is 24.3 Å². The third-order valence-corrected chi connectivity index (χ3v) is 3.78. The minimum Gasteiger partial charge on any atom is -0.445 e. The van der Waals surface area contributed by atoms with Crippen LogP contribution in [0.5, 0.6) is 0 Å². The number of hydrogen-bond donors (Lipinski definition) is 1. The fraction of sp³-hybridized carbons (Fsp3) is 0.533. The lowest BCUT2D eigenvalue weighted by molar-refractivity contribution is -0.222. The lowest BCUT2D eigenvalue weighted by Crippen LogP contribution is -2.45. The standard InChI is InChI=1S/C15H18F3NO3/c16-15(17,18)13(20)12-6-8-19(9-7-12)14(21)22-10-11-4-2-1-3-5-11/h1-5,12-13,20H,6-10H2/t13-/m0/s1. The Morgan fingerprint density at radius 2 is 1.86 bits per heavy atom. The fourth-order valence-electron chi connectivity index (χ4n) is 2.48. The van der Waals surface area contributed by atoms with E-state index in [4.69, 9.17) is 4.74 Å². The second-order valence-corrected chi connectivity index (χ2v) is 5.35. The molecule has 0 spiro atoms. The van der Waals surface area contributed by atoms with Crippen molar-refractivity contribution >= 4 is 6.09 Å². The molecule has 1 aliphatic heterocycles. The molecule has 0 radical (unpaired) electrons. The molecule has 1 aliphatic rings. The van der Waals surface area contributed by atoms with Gasteiger partial charge in [0.15, 0.2) is 6.10 Å². The number of nitrogens with zero attached hydrogens (tertiary/aromatic N) is 1. The molecular formula is C15H18F3NO3. The molecule has 22 heavy (non-hydrogen) atoms. The van der Waals surface area contributed by atoms with Gasteiger partial charge in [0.05, 0.1) is 0 Å². The zero-order chi connectivity index (χ0) is 16.2. The van der Waals surface area contributed by atoms with Crippen LogP contribution >= 0.6 is 0 Å². The molecule has 1 fully saturated rings. The van der Waals surface area contributed by atoms with Crippen molar-refractivity contribution in [2.75, 3.05) is 13.1 Å². The third kappa shape index (κ3) is 4.37. The quantitative estimate of drug-likeness (QED) is 0.932. The number of hydrogen-bond acceptors (Lipinski definition) is 3. The SMILES string of the molecule is O=C(OCc1ccccc1)N1CCC([C@H](O)C(F)(F)F)CC1. The monoisotopic (exact) mass is 317 g/mol. The number of aliphatic hydroxyl groups excluding tert-OH is 1. The summed E-state index contributed by atoms with van der Waals surface area (Å²) in [6, 6.07) is 9.14. The molecule has 1 N–H and O–H groups in total. The van der Waals surface area contributed by atoms with Gasteiger partial charge in [-0.15, -0.1) is 0 Å². The van der Waals surface area contributed by atoms with E-state index in [1.54, 1.807) is 0 Å². The average molecular weight is 317 g/mol. The lowest BCUT2D eigenvalue weighted by Gasteiger charge is -2.34. The van der Waals surface area contributed by atoms with Gasteiger partial charge in [-0.05, 0) is 24.3 Å². The van der Waals surface area contributed by atoms with E-state index in [0.29, 0.717) is 0 Å². The lowest BCUT2D eigenvalue weighted by atomic mass is 9.91. The molecule has 1 aromatic carbocycles. The normalized spacial score (nSPS) is 18.1. The maximum atomic E-state index is 12.4. The van der Waals surface area contributed by atoms with Gasteiger partial charge in [0.25, 0.3) is 0 Å². The molecule has 0 aliphatic carbocycles. The first-order chi connectivity index (χ1) is 10.4. The summed E-state index contributed by atoms with van der Waals surface area (Å²) in [4.78, 5) is 13.2. The number of ether oxygens (including phenoxy) is 1. The van der Waals surface area contributed by atoms with Crippen LogP contribution in [0, 0.1) is 5.92 Å².